The summed E-state index contributed by atoms with van der Waals surface area (Å²) in [6.07, 6.45) is 5.77. The predicted molar refractivity (Wildman–Crippen MR) is 104 cm³/mol. The number of fused-ring (bicyclic) bond motifs is 1. The van der Waals surface area contributed by atoms with E-state index >= 15 is 0 Å². The zero-order chi connectivity index (χ0) is 19.5. The largest absolute Gasteiger partial charge is 0.476 e. The lowest BCUT2D eigenvalue weighted by atomic mass is 10.0. The summed E-state index contributed by atoms with van der Waals surface area (Å²) in [5, 5.41) is 16.8. The first-order valence-corrected chi connectivity index (χ1v) is 9.30. The number of benzene rings is 1. The zero-order valence-corrected chi connectivity index (χ0v) is 15.3. The lowest BCUT2D eigenvalue weighted by Gasteiger charge is -2.14. The molecule has 1 fully saturated rings. The highest BCUT2D eigenvalue weighted by Crippen LogP contribution is 2.26. The van der Waals surface area contributed by atoms with Crippen LogP contribution < -0.4 is 5.32 Å². The number of carbonyl (C=O) groups is 2. The van der Waals surface area contributed by atoms with E-state index in [2.05, 4.69) is 20.3 Å². The van der Waals surface area contributed by atoms with Crippen LogP contribution >= 0.6 is 0 Å². The fourth-order valence-electron chi connectivity index (χ4n) is 3.55. The third-order valence-electron chi connectivity index (χ3n) is 4.97. The van der Waals surface area contributed by atoms with Gasteiger partial charge in [-0.3, -0.25) is 4.98 Å². The topological polar surface area (TPSA) is 100 Å². The van der Waals surface area contributed by atoms with Gasteiger partial charge >= 0.3 is 12.0 Å². The van der Waals surface area contributed by atoms with Crippen molar-refractivity contribution < 1.29 is 14.7 Å². The first kappa shape index (κ1) is 18.1. The third-order valence-corrected chi connectivity index (χ3v) is 4.97. The molecule has 0 unspecified atom stereocenters. The van der Waals surface area contributed by atoms with E-state index in [0.717, 1.165) is 35.4 Å². The number of likely N-dealkylation sites (tertiary alicyclic amines) is 1. The lowest BCUT2D eigenvalue weighted by Crippen LogP contribution is -2.36. The molecule has 3 aromatic rings. The van der Waals surface area contributed by atoms with Gasteiger partial charge in [0.05, 0.1) is 5.52 Å². The summed E-state index contributed by atoms with van der Waals surface area (Å²) in [5.41, 5.74) is 2.00. The fraction of sp³-hybridized carbons (Fsp3) is 0.300. The Morgan fingerprint density at radius 2 is 1.96 bits per heavy atom. The van der Waals surface area contributed by atoms with Crippen LogP contribution in [0.15, 0.2) is 42.7 Å². The molecular formula is C20H21N5O3. The predicted octanol–water partition coefficient (Wildman–Crippen LogP) is 2.45. The number of aromatic nitrogens is 3. The van der Waals surface area contributed by atoms with Crippen LogP contribution in [0.25, 0.3) is 22.0 Å². The van der Waals surface area contributed by atoms with Gasteiger partial charge < -0.3 is 15.3 Å². The molecular weight excluding hydrogens is 358 g/mol. The van der Waals surface area contributed by atoms with Crippen molar-refractivity contribution in [2.45, 2.75) is 12.8 Å². The minimum Gasteiger partial charge on any atom is -0.476 e. The Morgan fingerprint density at radius 3 is 2.68 bits per heavy atom. The number of amides is 1. The lowest BCUT2D eigenvalue weighted by molar-refractivity contribution is 0.0692. The number of rotatable bonds is 5. The Balaban J connectivity index is 1.61. The highest BCUT2D eigenvalue weighted by molar-refractivity contribution is 6.05. The van der Waals surface area contributed by atoms with Crippen LogP contribution in [-0.4, -0.2) is 63.0 Å². The molecule has 4 rings (SSSR count). The molecule has 2 aromatic heterocycles. The monoisotopic (exact) mass is 379 g/mol. The number of hydrogen-bond acceptors (Lipinski definition) is 5. The maximum atomic E-state index is 12.6. The Hall–Kier alpha value is -3.26. The number of hydrogen-bond donors (Lipinski definition) is 2. The molecule has 0 bridgehead atoms. The van der Waals surface area contributed by atoms with Crippen LogP contribution in [-0.2, 0) is 0 Å². The molecule has 0 aliphatic carbocycles. The number of nitrogens with zero attached hydrogens (tertiary/aromatic N) is 4. The first-order chi connectivity index (χ1) is 13.6. The van der Waals surface area contributed by atoms with Gasteiger partial charge in [0.15, 0.2) is 5.69 Å². The number of nitrogens with one attached hydrogen (secondary N) is 1. The SMILES string of the molecule is O=C(O)c1nn(C(=O)NCCN2CCCC2)c2ccc(-c3cccnc3)cc12. The normalized spacial score (nSPS) is 14.4. The van der Waals surface area contributed by atoms with Crippen molar-refractivity contribution in [1.82, 2.24) is 25.0 Å². The summed E-state index contributed by atoms with van der Waals surface area (Å²) < 4.78 is 1.13. The average Bonchev–Trinajstić information content (AvgIpc) is 3.36. The fourth-order valence-corrected chi connectivity index (χ4v) is 3.55. The van der Waals surface area contributed by atoms with Gasteiger partial charge in [-0.1, -0.05) is 12.1 Å². The van der Waals surface area contributed by atoms with E-state index in [1.54, 1.807) is 24.5 Å². The molecule has 8 nitrogen and oxygen atoms in total. The molecule has 0 spiro atoms. The minimum atomic E-state index is -1.17. The summed E-state index contributed by atoms with van der Waals surface area (Å²) in [7, 11) is 0. The van der Waals surface area contributed by atoms with Crippen LogP contribution in [0.4, 0.5) is 4.79 Å². The van der Waals surface area contributed by atoms with Crippen molar-refractivity contribution in [3.63, 3.8) is 0 Å². The Labute approximate surface area is 161 Å². The second-order valence-corrected chi connectivity index (χ2v) is 6.82. The molecule has 0 radical (unpaired) electrons. The van der Waals surface area contributed by atoms with Gasteiger partial charge in [0, 0.05) is 36.4 Å². The van der Waals surface area contributed by atoms with E-state index < -0.39 is 12.0 Å². The second kappa shape index (κ2) is 7.77. The number of pyridine rings is 1. The Bertz CT molecular complexity index is 1010. The Kier molecular flexibility index (Phi) is 5.03. The van der Waals surface area contributed by atoms with Crippen molar-refractivity contribution in [1.29, 1.82) is 0 Å². The van der Waals surface area contributed by atoms with Crippen LogP contribution in [0.5, 0.6) is 0 Å². The Morgan fingerprint density at radius 1 is 1.14 bits per heavy atom. The smallest absolute Gasteiger partial charge is 0.357 e. The molecule has 3 heterocycles. The molecule has 144 valence electrons. The first-order valence-electron chi connectivity index (χ1n) is 9.30. The van der Waals surface area contributed by atoms with E-state index in [-0.39, 0.29) is 5.69 Å². The van der Waals surface area contributed by atoms with Crippen molar-refractivity contribution in [3.05, 3.63) is 48.4 Å². The highest BCUT2D eigenvalue weighted by Gasteiger charge is 2.21. The minimum absolute atomic E-state index is 0.143. The number of aromatic carboxylic acids is 1. The van der Waals surface area contributed by atoms with Crippen LogP contribution in [0.1, 0.15) is 23.3 Å². The summed E-state index contributed by atoms with van der Waals surface area (Å²) in [4.78, 5) is 30.6. The van der Waals surface area contributed by atoms with E-state index in [4.69, 9.17) is 0 Å². The van der Waals surface area contributed by atoms with Crippen molar-refractivity contribution in [2.75, 3.05) is 26.2 Å². The van der Waals surface area contributed by atoms with Crippen LogP contribution in [0.2, 0.25) is 0 Å². The number of carbonyl (C=O) groups excluding carboxylic acids is 1. The molecule has 1 amide bonds. The molecule has 8 heteroatoms. The average molecular weight is 379 g/mol. The van der Waals surface area contributed by atoms with Gasteiger partial charge in [-0.15, -0.1) is 0 Å². The van der Waals surface area contributed by atoms with E-state index in [0.29, 0.717) is 17.4 Å². The molecule has 2 N–H and O–H groups in total. The summed E-state index contributed by atoms with van der Waals surface area (Å²) in [6, 6.07) is 8.57. The van der Waals surface area contributed by atoms with Gasteiger partial charge in [0.1, 0.15) is 0 Å². The highest BCUT2D eigenvalue weighted by atomic mass is 16.4. The van der Waals surface area contributed by atoms with E-state index in [1.807, 2.05) is 18.2 Å². The van der Waals surface area contributed by atoms with Gasteiger partial charge in [-0.25, -0.2) is 9.59 Å². The van der Waals surface area contributed by atoms with Crippen molar-refractivity contribution in [3.8, 4) is 11.1 Å². The number of carboxylic acid groups (broad SMARTS) is 1. The molecule has 1 aliphatic heterocycles. The maximum absolute atomic E-state index is 12.6. The molecule has 1 aliphatic rings. The molecule has 0 saturated carbocycles. The van der Waals surface area contributed by atoms with Gasteiger partial charge in [-0.05, 0) is 49.7 Å². The molecule has 28 heavy (non-hydrogen) atoms. The summed E-state index contributed by atoms with van der Waals surface area (Å²) >= 11 is 0. The quantitative estimate of drug-likeness (QED) is 0.706. The van der Waals surface area contributed by atoms with Crippen LogP contribution in [0.3, 0.4) is 0 Å². The summed E-state index contributed by atoms with van der Waals surface area (Å²) in [5.74, 6) is -1.17. The van der Waals surface area contributed by atoms with E-state index in [9.17, 15) is 14.7 Å². The van der Waals surface area contributed by atoms with Gasteiger partial charge in [0.25, 0.3) is 0 Å². The van der Waals surface area contributed by atoms with Crippen molar-refractivity contribution >= 4 is 22.9 Å². The maximum Gasteiger partial charge on any atom is 0.357 e. The third kappa shape index (κ3) is 3.59. The number of carboxylic acids is 1. The molecule has 1 aromatic carbocycles. The van der Waals surface area contributed by atoms with Crippen molar-refractivity contribution in [2.24, 2.45) is 0 Å². The van der Waals surface area contributed by atoms with Gasteiger partial charge in [-0.2, -0.15) is 9.78 Å². The summed E-state index contributed by atoms with van der Waals surface area (Å²) in [6.45, 7) is 3.39. The van der Waals surface area contributed by atoms with E-state index in [1.165, 1.54) is 12.8 Å². The van der Waals surface area contributed by atoms with Gasteiger partial charge in [0.2, 0.25) is 0 Å². The van der Waals surface area contributed by atoms with Crippen LogP contribution in [0, 0.1) is 0 Å². The second-order valence-electron chi connectivity index (χ2n) is 6.82. The molecule has 0 atom stereocenters. The standard InChI is InChI=1S/C20H21N5O3/c26-19(27)18-16-12-14(15-4-3-7-21-13-15)5-6-17(16)25(23-18)20(28)22-8-11-24-9-1-2-10-24/h3-7,12-13H,1-2,8-11H2,(H,22,28)(H,26,27). The zero-order valence-electron chi connectivity index (χ0n) is 15.3. The molecule has 1 saturated heterocycles.